The topological polar surface area (TPSA) is 109 Å². The maximum Gasteiger partial charge on any atom is 0.371 e. The van der Waals surface area contributed by atoms with Crippen molar-refractivity contribution in [3.8, 4) is 0 Å². The van der Waals surface area contributed by atoms with Crippen molar-refractivity contribution in [2.45, 2.75) is 63.7 Å². The highest BCUT2D eigenvalue weighted by Crippen LogP contribution is 2.30. The number of aromatic carboxylic acids is 1. The third-order valence-corrected chi connectivity index (χ3v) is 5.35. The monoisotopic (exact) mass is 415 g/mol. The minimum Gasteiger partial charge on any atom is -0.475 e. The molecule has 1 aliphatic heterocycles. The van der Waals surface area contributed by atoms with Crippen molar-refractivity contribution in [2.24, 2.45) is 0 Å². The van der Waals surface area contributed by atoms with Crippen LogP contribution < -0.4 is 5.32 Å². The molecule has 2 unspecified atom stereocenters. The second kappa shape index (κ2) is 10.4. The number of hydrogen-bond acceptors (Lipinski definition) is 5. The van der Waals surface area contributed by atoms with Gasteiger partial charge in [0, 0.05) is 6.42 Å². The van der Waals surface area contributed by atoms with E-state index >= 15 is 0 Å². The van der Waals surface area contributed by atoms with Crippen LogP contribution >= 0.6 is 0 Å². The number of hydrogen-bond donors (Lipinski definition) is 3. The second-order valence-electron chi connectivity index (χ2n) is 7.70. The third kappa shape index (κ3) is 5.70. The minimum atomic E-state index is -1.14. The number of rotatable bonds is 11. The average Bonchev–Trinajstić information content (AvgIpc) is 3.38. The smallest absolute Gasteiger partial charge is 0.371 e. The van der Waals surface area contributed by atoms with Crippen molar-refractivity contribution in [1.82, 2.24) is 5.32 Å². The fourth-order valence-electron chi connectivity index (χ4n) is 3.61. The van der Waals surface area contributed by atoms with E-state index in [0.717, 1.165) is 30.4 Å². The van der Waals surface area contributed by atoms with Crippen LogP contribution in [0, 0.1) is 0 Å². The largest absolute Gasteiger partial charge is 0.475 e. The van der Waals surface area contributed by atoms with Crippen molar-refractivity contribution in [2.75, 3.05) is 6.61 Å². The molecule has 1 fully saturated rings. The maximum absolute atomic E-state index is 11.4. The average molecular weight is 415 g/mol. The van der Waals surface area contributed by atoms with Crippen LogP contribution in [0.1, 0.15) is 85.1 Å². The van der Waals surface area contributed by atoms with Gasteiger partial charge in [-0.15, -0.1) is 0 Å². The second-order valence-corrected chi connectivity index (χ2v) is 7.70. The molecule has 1 saturated heterocycles. The van der Waals surface area contributed by atoms with Gasteiger partial charge in [-0.1, -0.05) is 50.5 Å². The number of ether oxygens (including phenoxy) is 1. The van der Waals surface area contributed by atoms with Gasteiger partial charge in [0.2, 0.25) is 11.7 Å². The first-order chi connectivity index (χ1) is 14.5. The van der Waals surface area contributed by atoms with E-state index in [0.29, 0.717) is 31.6 Å². The number of aliphatic hydroxyl groups is 1. The van der Waals surface area contributed by atoms with E-state index < -0.39 is 18.2 Å². The Balaban J connectivity index is 1.74. The van der Waals surface area contributed by atoms with Crippen LogP contribution in [0.5, 0.6) is 0 Å². The number of carbonyl (C=O) groups excluding carboxylic acids is 1. The number of unbranched alkanes of at least 4 members (excludes halogenated alkanes) is 2. The lowest BCUT2D eigenvalue weighted by Gasteiger charge is -2.20. The van der Waals surface area contributed by atoms with Crippen LogP contribution in [0.3, 0.4) is 0 Å². The number of carboxylic acid groups (broad SMARTS) is 1. The number of carbonyl (C=O) groups is 2. The number of carboxylic acids is 1. The fraction of sp³-hybridized carbons (Fsp3) is 0.478. The van der Waals surface area contributed by atoms with Crippen molar-refractivity contribution >= 4 is 11.9 Å². The molecule has 3 N–H and O–H groups in total. The Kier molecular flexibility index (Phi) is 7.65. The molecule has 1 aliphatic rings. The number of benzene rings is 1. The van der Waals surface area contributed by atoms with E-state index in [2.05, 4.69) is 12.2 Å². The Morgan fingerprint density at radius 2 is 1.93 bits per heavy atom. The van der Waals surface area contributed by atoms with E-state index in [1.165, 1.54) is 6.07 Å². The van der Waals surface area contributed by atoms with Gasteiger partial charge < -0.3 is 24.7 Å². The lowest BCUT2D eigenvalue weighted by molar-refractivity contribution is -0.119. The van der Waals surface area contributed by atoms with Crippen molar-refractivity contribution in [3.63, 3.8) is 0 Å². The number of nitrogens with one attached hydrogen (secondary N) is 1. The molecule has 2 heterocycles. The van der Waals surface area contributed by atoms with E-state index in [4.69, 9.17) is 14.3 Å². The van der Waals surface area contributed by atoms with Gasteiger partial charge in [0.1, 0.15) is 11.9 Å². The highest BCUT2D eigenvalue weighted by atomic mass is 16.5. The Morgan fingerprint density at radius 3 is 2.53 bits per heavy atom. The van der Waals surface area contributed by atoms with E-state index in [1.807, 2.05) is 24.3 Å². The number of furan rings is 1. The van der Waals surface area contributed by atoms with Crippen LogP contribution in [0.2, 0.25) is 0 Å². The van der Waals surface area contributed by atoms with Crippen LogP contribution in [-0.2, 0) is 9.53 Å². The summed E-state index contributed by atoms with van der Waals surface area (Å²) in [7, 11) is 0. The normalized spacial score (nSPS) is 18.2. The Morgan fingerprint density at radius 1 is 1.20 bits per heavy atom. The first kappa shape index (κ1) is 22.1. The van der Waals surface area contributed by atoms with E-state index in [-0.39, 0.29) is 17.7 Å². The van der Waals surface area contributed by atoms with Crippen molar-refractivity contribution in [1.29, 1.82) is 0 Å². The van der Waals surface area contributed by atoms with Crippen LogP contribution in [0.15, 0.2) is 40.8 Å². The quantitative estimate of drug-likeness (QED) is 0.479. The third-order valence-electron chi connectivity index (χ3n) is 5.35. The summed E-state index contributed by atoms with van der Waals surface area (Å²) in [5.74, 6) is -0.912. The molecule has 3 rings (SSSR count). The molecule has 7 heteroatoms. The Hall–Kier alpha value is -2.64. The molecule has 1 amide bonds. The molecular weight excluding hydrogens is 386 g/mol. The number of aliphatic hydroxyl groups excluding tert-OH is 1. The fourth-order valence-corrected chi connectivity index (χ4v) is 3.61. The molecule has 0 saturated carbocycles. The predicted molar refractivity (Wildman–Crippen MR) is 110 cm³/mol. The lowest BCUT2D eigenvalue weighted by Crippen LogP contribution is -2.30. The zero-order valence-corrected chi connectivity index (χ0v) is 17.2. The van der Waals surface area contributed by atoms with Crippen molar-refractivity contribution < 1.29 is 29.0 Å². The number of amides is 1. The summed E-state index contributed by atoms with van der Waals surface area (Å²) in [4.78, 5) is 22.6. The summed E-state index contributed by atoms with van der Waals surface area (Å²) < 4.78 is 11.5. The molecule has 0 radical (unpaired) electrons. The molecule has 30 heavy (non-hydrogen) atoms. The van der Waals surface area contributed by atoms with Crippen LogP contribution in [-0.4, -0.2) is 34.7 Å². The predicted octanol–water partition coefficient (Wildman–Crippen LogP) is 3.98. The van der Waals surface area contributed by atoms with E-state index in [9.17, 15) is 14.7 Å². The first-order valence-corrected chi connectivity index (χ1v) is 10.5. The van der Waals surface area contributed by atoms with E-state index in [1.54, 1.807) is 6.07 Å². The molecule has 7 nitrogen and oxygen atoms in total. The van der Waals surface area contributed by atoms with Gasteiger partial charge in [0.15, 0.2) is 0 Å². The highest BCUT2D eigenvalue weighted by molar-refractivity contribution is 5.84. The van der Waals surface area contributed by atoms with Gasteiger partial charge in [-0.2, -0.15) is 0 Å². The summed E-state index contributed by atoms with van der Waals surface area (Å²) in [6.45, 7) is 2.42. The standard InChI is InChI=1S/C23H29NO6/c1-2-3-4-5-18(25)15-6-8-16(9-7-15)22(19-11-12-20(30-19)23(27)28)29-14-17-10-13-21(26)24-17/h6-9,11-12,17-18,22,25H,2-5,10,13-14H2,1H3,(H,24,26)(H,27,28)/t17?,18?,22-/m1/s1. The molecule has 3 atom stereocenters. The lowest BCUT2D eigenvalue weighted by atomic mass is 9.99. The summed E-state index contributed by atoms with van der Waals surface area (Å²) in [5, 5.41) is 22.4. The molecule has 1 aromatic carbocycles. The van der Waals surface area contributed by atoms with Crippen LogP contribution in [0.4, 0.5) is 0 Å². The Labute approximate surface area is 176 Å². The maximum atomic E-state index is 11.4. The van der Waals surface area contributed by atoms with Gasteiger partial charge in [0.05, 0.1) is 18.8 Å². The highest BCUT2D eigenvalue weighted by Gasteiger charge is 2.26. The van der Waals surface area contributed by atoms with Gasteiger partial charge in [-0.3, -0.25) is 4.79 Å². The van der Waals surface area contributed by atoms with Gasteiger partial charge in [-0.05, 0) is 36.1 Å². The molecule has 0 spiro atoms. The molecular formula is C23H29NO6. The first-order valence-electron chi connectivity index (χ1n) is 10.5. The SMILES string of the molecule is CCCCCC(O)c1ccc([C@@H](OCC2CCC(=O)N2)c2ccc(C(=O)O)o2)cc1. The summed E-state index contributed by atoms with van der Waals surface area (Å²) in [5.41, 5.74) is 1.62. The zero-order valence-electron chi connectivity index (χ0n) is 17.2. The summed E-state index contributed by atoms with van der Waals surface area (Å²) >= 11 is 0. The van der Waals surface area contributed by atoms with Crippen LogP contribution in [0.25, 0.3) is 0 Å². The molecule has 162 valence electrons. The Bertz CT molecular complexity index is 844. The molecule has 0 bridgehead atoms. The molecule has 1 aromatic heterocycles. The minimum absolute atomic E-state index is 0.00715. The molecule has 2 aromatic rings. The van der Waals surface area contributed by atoms with Gasteiger partial charge in [-0.25, -0.2) is 4.79 Å². The van der Waals surface area contributed by atoms with Crippen molar-refractivity contribution in [3.05, 3.63) is 59.0 Å². The zero-order chi connectivity index (χ0) is 21.5. The summed E-state index contributed by atoms with van der Waals surface area (Å²) in [6.07, 6.45) is 3.95. The summed E-state index contributed by atoms with van der Waals surface area (Å²) in [6, 6.07) is 10.4. The van der Waals surface area contributed by atoms with Gasteiger partial charge in [0.25, 0.3) is 0 Å². The molecule has 0 aliphatic carbocycles. The van der Waals surface area contributed by atoms with Gasteiger partial charge >= 0.3 is 5.97 Å².